The summed E-state index contributed by atoms with van der Waals surface area (Å²) < 4.78 is 1.99. The largest absolute Gasteiger partial charge is 0.397 e. The molecule has 3 N–H and O–H groups in total. The van der Waals surface area contributed by atoms with E-state index in [-0.39, 0.29) is 5.91 Å². The van der Waals surface area contributed by atoms with E-state index in [4.69, 9.17) is 5.73 Å². The Morgan fingerprint density at radius 3 is 2.65 bits per heavy atom. The Labute approximate surface area is 118 Å². The van der Waals surface area contributed by atoms with E-state index in [1.807, 2.05) is 35.0 Å². The van der Waals surface area contributed by atoms with Gasteiger partial charge >= 0.3 is 0 Å². The van der Waals surface area contributed by atoms with Crippen molar-refractivity contribution in [2.75, 3.05) is 11.1 Å². The molecule has 1 fully saturated rings. The predicted molar refractivity (Wildman–Crippen MR) is 80.9 cm³/mol. The van der Waals surface area contributed by atoms with Gasteiger partial charge < -0.3 is 15.6 Å². The molecule has 0 atom stereocenters. The lowest BCUT2D eigenvalue weighted by molar-refractivity contribution is 0.101. The van der Waals surface area contributed by atoms with Gasteiger partial charge in [-0.1, -0.05) is 19.1 Å². The first-order valence-corrected chi connectivity index (χ1v) is 7.05. The highest BCUT2D eigenvalue weighted by Gasteiger charge is 2.27. The number of hydrogen-bond acceptors (Lipinski definition) is 2. The normalized spacial score (nSPS) is 14.2. The highest BCUT2D eigenvalue weighted by Crippen LogP contribution is 2.37. The molecule has 1 aromatic heterocycles. The molecule has 1 aromatic carbocycles. The first kappa shape index (κ1) is 12.8. The van der Waals surface area contributed by atoms with E-state index in [0.29, 0.717) is 17.4 Å². The van der Waals surface area contributed by atoms with Crippen molar-refractivity contribution in [3.63, 3.8) is 0 Å². The number of aromatic nitrogens is 1. The lowest BCUT2D eigenvalue weighted by Crippen LogP contribution is -2.16. The molecule has 0 unspecified atom stereocenters. The van der Waals surface area contributed by atoms with Crippen molar-refractivity contribution >= 4 is 17.3 Å². The lowest BCUT2D eigenvalue weighted by Gasteiger charge is -2.09. The van der Waals surface area contributed by atoms with Crippen LogP contribution >= 0.6 is 0 Å². The number of carbonyl (C=O) groups is 1. The van der Waals surface area contributed by atoms with E-state index < -0.39 is 0 Å². The average Bonchev–Trinajstić information content (AvgIpc) is 3.22. The lowest BCUT2D eigenvalue weighted by atomic mass is 10.1. The first-order valence-electron chi connectivity index (χ1n) is 7.05. The molecule has 1 heterocycles. The zero-order chi connectivity index (χ0) is 14.1. The second-order valence-corrected chi connectivity index (χ2v) is 5.30. The summed E-state index contributed by atoms with van der Waals surface area (Å²) >= 11 is 0. The summed E-state index contributed by atoms with van der Waals surface area (Å²) in [6, 6.07) is 10.1. The van der Waals surface area contributed by atoms with Gasteiger partial charge in [0.15, 0.2) is 0 Å². The third kappa shape index (κ3) is 2.54. The number of benzene rings is 1. The molecule has 1 amide bonds. The van der Waals surface area contributed by atoms with Gasteiger partial charge in [-0.3, -0.25) is 4.79 Å². The molecule has 4 heteroatoms. The maximum atomic E-state index is 12.3. The Kier molecular flexibility index (Phi) is 3.22. The van der Waals surface area contributed by atoms with Gasteiger partial charge in [-0.05, 0) is 43.0 Å². The van der Waals surface area contributed by atoms with Gasteiger partial charge in [-0.2, -0.15) is 0 Å². The summed E-state index contributed by atoms with van der Waals surface area (Å²) in [5.74, 6) is -0.0992. The van der Waals surface area contributed by atoms with Crippen LogP contribution in [0.3, 0.4) is 0 Å². The highest BCUT2D eigenvalue weighted by molar-refractivity contribution is 6.03. The Balaban J connectivity index is 1.78. The van der Waals surface area contributed by atoms with Gasteiger partial charge in [0.2, 0.25) is 0 Å². The van der Waals surface area contributed by atoms with Crippen LogP contribution in [0, 0.1) is 0 Å². The molecule has 2 aromatic rings. The summed E-state index contributed by atoms with van der Waals surface area (Å²) in [6.45, 7) is 2.11. The first-order chi connectivity index (χ1) is 9.67. The number of nitrogens with one attached hydrogen (secondary N) is 1. The Morgan fingerprint density at radius 1 is 1.35 bits per heavy atom. The number of rotatable bonds is 4. The van der Waals surface area contributed by atoms with Crippen LogP contribution in [0.4, 0.5) is 11.4 Å². The highest BCUT2D eigenvalue weighted by atomic mass is 16.1. The second kappa shape index (κ2) is 5.04. The van der Waals surface area contributed by atoms with E-state index in [1.165, 1.54) is 5.56 Å². The van der Waals surface area contributed by atoms with Gasteiger partial charge in [-0.25, -0.2) is 0 Å². The summed E-state index contributed by atoms with van der Waals surface area (Å²) in [5, 5.41) is 2.93. The molecule has 4 nitrogen and oxygen atoms in total. The zero-order valence-electron chi connectivity index (χ0n) is 11.6. The van der Waals surface area contributed by atoms with Crippen LogP contribution in [-0.4, -0.2) is 10.5 Å². The standard InChI is InChI=1S/C16H19N3O/c1-2-11-3-5-13(6-4-11)18-16(20)15-9-12(17)10-19(15)14-7-8-14/h3-6,9-10,14H,2,7-8,17H2,1H3,(H,18,20). The van der Waals surface area contributed by atoms with Crippen LogP contribution in [0.1, 0.15) is 41.9 Å². The number of nitrogens with two attached hydrogens (primary N) is 1. The number of amides is 1. The molecule has 1 aliphatic rings. The Morgan fingerprint density at radius 2 is 2.05 bits per heavy atom. The number of anilines is 2. The molecule has 0 saturated heterocycles. The van der Waals surface area contributed by atoms with Crippen molar-refractivity contribution in [3.05, 3.63) is 47.8 Å². The van der Waals surface area contributed by atoms with Crippen molar-refractivity contribution in [2.24, 2.45) is 0 Å². The number of hydrogen-bond donors (Lipinski definition) is 2. The van der Waals surface area contributed by atoms with Crippen LogP contribution in [0.5, 0.6) is 0 Å². The zero-order valence-corrected chi connectivity index (χ0v) is 11.6. The van der Waals surface area contributed by atoms with E-state index in [1.54, 1.807) is 6.07 Å². The van der Waals surface area contributed by atoms with E-state index in [0.717, 1.165) is 24.9 Å². The maximum Gasteiger partial charge on any atom is 0.272 e. The van der Waals surface area contributed by atoms with Crippen LogP contribution in [-0.2, 0) is 6.42 Å². The number of nitrogens with zero attached hydrogens (tertiary/aromatic N) is 1. The minimum atomic E-state index is -0.0992. The molecule has 104 valence electrons. The van der Waals surface area contributed by atoms with E-state index in [2.05, 4.69) is 12.2 Å². The van der Waals surface area contributed by atoms with Gasteiger partial charge in [0, 0.05) is 17.9 Å². The molecule has 1 aliphatic carbocycles. The third-order valence-corrected chi connectivity index (χ3v) is 3.66. The van der Waals surface area contributed by atoms with Crippen molar-refractivity contribution in [1.82, 2.24) is 4.57 Å². The topological polar surface area (TPSA) is 60.1 Å². The fraction of sp³-hybridized carbons (Fsp3) is 0.312. The Bertz CT molecular complexity index is 624. The summed E-state index contributed by atoms with van der Waals surface area (Å²) in [6.07, 6.45) is 5.10. The van der Waals surface area contributed by atoms with Gasteiger partial charge in [0.1, 0.15) is 5.69 Å². The summed E-state index contributed by atoms with van der Waals surface area (Å²) in [7, 11) is 0. The Hall–Kier alpha value is -2.23. The van der Waals surface area contributed by atoms with E-state index >= 15 is 0 Å². The monoisotopic (exact) mass is 269 g/mol. The van der Waals surface area contributed by atoms with Crippen molar-refractivity contribution < 1.29 is 4.79 Å². The third-order valence-electron chi connectivity index (χ3n) is 3.66. The molecule has 20 heavy (non-hydrogen) atoms. The predicted octanol–water partition coefficient (Wildman–Crippen LogP) is 3.22. The smallest absolute Gasteiger partial charge is 0.272 e. The van der Waals surface area contributed by atoms with Crippen molar-refractivity contribution in [1.29, 1.82) is 0 Å². The number of nitrogen functional groups attached to an aromatic ring is 1. The maximum absolute atomic E-state index is 12.3. The second-order valence-electron chi connectivity index (χ2n) is 5.30. The van der Waals surface area contributed by atoms with Crippen molar-refractivity contribution in [2.45, 2.75) is 32.2 Å². The summed E-state index contributed by atoms with van der Waals surface area (Å²) in [4.78, 5) is 12.3. The van der Waals surface area contributed by atoms with Crippen LogP contribution < -0.4 is 11.1 Å². The number of carbonyl (C=O) groups excluding carboxylic acids is 1. The van der Waals surface area contributed by atoms with Gasteiger partial charge in [0.05, 0.1) is 5.69 Å². The fourth-order valence-electron chi connectivity index (χ4n) is 2.36. The van der Waals surface area contributed by atoms with E-state index in [9.17, 15) is 4.79 Å². The van der Waals surface area contributed by atoms with Crippen molar-refractivity contribution in [3.8, 4) is 0 Å². The summed E-state index contributed by atoms with van der Waals surface area (Å²) in [5.41, 5.74) is 9.17. The van der Waals surface area contributed by atoms with Crippen LogP contribution in [0.25, 0.3) is 0 Å². The quantitative estimate of drug-likeness (QED) is 0.895. The fourth-order valence-corrected chi connectivity index (χ4v) is 2.36. The van der Waals surface area contributed by atoms with Gasteiger partial charge in [-0.15, -0.1) is 0 Å². The molecular formula is C16H19N3O. The molecule has 0 spiro atoms. The molecule has 0 radical (unpaired) electrons. The minimum Gasteiger partial charge on any atom is -0.397 e. The van der Waals surface area contributed by atoms with Gasteiger partial charge in [0.25, 0.3) is 5.91 Å². The molecular weight excluding hydrogens is 250 g/mol. The average molecular weight is 269 g/mol. The molecule has 0 aliphatic heterocycles. The molecule has 0 bridgehead atoms. The minimum absolute atomic E-state index is 0.0992. The van der Waals surface area contributed by atoms with Crippen LogP contribution in [0.15, 0.2) is 36.5 Å². The van der Waals surface area contributed by atoms with Crippen LogP contribution in [0.2, 0.25) is 0 Å². The molecule has 3 rings (SSSR count). The molecule has 1 saturated carbocycles. The number of aryl methyl sites for hydroxylation is 1. The SMILES string of the molecule is CCc1ccc(NC(=O)c2cc(N)cn2C2CC2)cc1.